The third-order valence-corrected chi connectivity index (χ3v) is 5.89. The molecule has 0 bridgehead atoms. The number of amides is 1. The molecule has 0 saturated carbocycles. The Labute approximate surface area is 204 Å². The summed E-state index contributed by atoms with van der Waals surface area (Å²) in [6.07, 6.45) is 4.69. The van der Waals surface area contributed by atoms with E-state index in [4.69, 9.17) is 32.0 Å². The van der Waals surface area contributed by atoms with Gasteiger partial charge in [0.05, 0.1) is 10.0 Å². The lowest BCUT2D eigenvalue weighted by molar-refractivity contribution is -0.116. The Hall–Kier alpha value is -3.87. The molecule has 0 fully saturated rings. The number of oxazole rings is 1. The first-order valence-corrected chi connectivity index (χ1v) is 11.1. The number of halogens is 2. The molecule has 0 radical (unpaired) electrons. The summed E-state index contributed by atoms with van der Waals surface area (Å²) in [5, 5.41) is 3.72. The Kier molecular flexibility index (Phi) is 6.16. The highest BCUT2D eigenvalue weighted by atomic mass is 35.5. The second-order valence-corrected chi connectivity index (χ2v) is 8.18. The highest BCUT2D eigenvalue weighted by Crippen LogP contribution is 2.34. The maximum Gasteiger partial charge on any atom is 0.244 e. The number of carbonyl (C=O) groups excluding carboxylic acids is 1. The van der Waals surface area contributed by atoms with Crippen LogP contribution in [-0.2, 0) is 11.3 Å². The number of fused-ring (bicyclic) bond motifs is 1. The van der Waals surface area contributed by atoms with E-state index in [2.05, 4.69) is 15.3 Å². The lowest BCUT2D eigenvalue weighted by Crippen LogP contribution is -2.20. The molecule has 3 heterocycles. The van der Waals surface area contributed by atoms with Gasteiger partial charge in [-0.15, -0.1) is 0 Å². The van der Waals surface area contributed by atoms with Gasteiger partial charge in [0.2, 0.25) is 11.8 Å². The monoisotopic (exact) mass is 489 g/mol. The van der Waals surface area contributed by atoms with Crippen LogP contribution in [0, 0.1) is 0 Å². The van der Waals surface area contributed by atoms with E-state index < -0.39 is 0 Å². The van der Waals surface area contributed by atoms with Crippen molar-refractivity contribution in [2.24, 2.45) is 0 Å². The van der Waals surface area contributed by atoms with Gasteiger partial charge in [0, 0.05) is 29.9 Å². The molecule has 6 nitrogen and oxygen atoms in total. The fourth-order valence-electron chi connectivity index (χ4n) is 3.34. The summed E-state index contributed by atoms with van der Waals surface area (Å²) < 4.78 is 11.5. The zero-order valence-corrected chi connectivity index (χ0v) is 19.2. The van der Waals surface area contributed by atoms with Crippen molar-refractivity contribution in [3.8, 4) is 22.8 Å². The molecule has 1 N–H and O–H groups in total. The van der Waals surface area contributed by atoms with Gasteiger partial charge in [-0.25, -0.2) is 4.98 Å². The Morgan fingerprint density at radius 3 is 2.65 bits per heavy atom. The van der Waals surface area contributed by atoms with Gasteiger partial charge in [-0.2, -0.15) is 4.98 Å². The molecule has 0 aliphatic carbocycles. The molecule has 3 aromatic heterocycles. The topological polar surface area (TPSA) is 81.2 Å². The fraction of sp³-hybridized carbons (Fsp3) is 0.0385. The third-order valence-electron chi connectivity index (χ3n) is 5.08. The number of nitrogens with zero attached hydrogens (tertiary/aromatic N) is 2. The van der Waals surface area contributed by atoms with Crippen molar-refractivity contribution in [2.75, 3.05) is 0 Å². The van der Waals surface area contributed by atoms with Crippen LogP contribution in [0.15, 0.2) is 87.8 Å². The normalized spacial score (nSPS) is 11.4. The quantitative estimate of drug-likeness (QED) is 0.265. The van der Waals surface area contributed by atoms with Gasteiger partial charge < -0.3 is 14.2 Å². The summed E-state index contributed by atoms with van der Waals surface area (Å²) >= 11 is 12.3. The zero-order valence-electron chi connectivity index (χ0n) is 17.7. The Bertz CT molecular complexity index is 1470. The van der Waals surface area contributed by atoms with E-state index in [1.54, 1.807) is 42.6 Å². The summed E-state index contributed by atoms with van der Waals surface area (Å²) in [7, 11) is 0. The molecule has 2 aromatic carbocycles. The van der Waals surface area contributed by atoms with Crippen molar-refractivity contribution >= 4 is 46.4 Å². The van der Waals surface area contributed by atoms with Crippen molar-refractivity contribution in [3.05, 3.63) is 100 Å². The minimum absolute atomic E-state index is 0.243. The smallest absolute Gasteiger partial charge is 0.244 e. The number of benzene rings is 2. The first kappa shape index (κ1) is 21.9. The van der Waals surface area contributed by atoms with Gasteiger partial charge >= 0.3 is 0 Å². The number of nitrogens with one attached hydrogen (secondary N) is 1. The van der Waals surface area contributed by atoms with Crippen molar-refractivity contribution < 1.29 is 13.6 Å². The van der Waals surface area contributed by atoms with Crippen LogP contribution in [0.3, 0.4) is 0 Å². The lowest BCUT2D eigenvalue weighted by atomic mass is 10.1. The molecular weight excluding hydrogens is 473 g/mol. The van der Waals surface area contributed by atoms with Crippen LogP contribution in [-0.4, -0.2) is 15.9 Å². The van der Waals surface area contributed by atoms with Gasteiger partial charge in [-0.1, -0.05) is 41.4 Å². The molecule has 168 valence electrons. The van der Waals surface area contributed by atoms with E-state index in [0.717, 1.165) is 11.1 Å². The van der Waals surface area contributed by atoms with Gasteiger partial charge in [-0.3, -0.25) is 4.79 Å². The fourth-order valence-corrected chi connectivity index (χ4v) is 3.74. The molecule has 5 rings (SSSR count). The van der Waals surface area contributed by atoms with Gasteiger partial charge in [-0.05, 0) is 60.2 Å². The van der Waals surface area contributed by atoms with Gasteiger partial charge in [0.15, 0.2) is 11.2 Å². The summed E-state index contributed by atoms with van der Waals surface area (Å²) in [6, 6.07) is 20.1. The second kappa shape index (κ2) is 9.55. The van der Waals surface area contributed by atoms with E-state index in [0.29, 0.717) is 50.8 Å². The second-order valence-electron chi connectivity index (χ2n) is 7.40. The number of aromatic nitrogens is 2. The van der Waals surface area contributed by atoms with Crippen LogP contribution in [0.2, 0.25) is 10.0 Å². The maximum atomic E-state index is 12.2. The lowest BCUT2D eigenvalue weighted by Gasteiger charge is -2.03. The van der Waals surface area contributed by atoms with Crippen LogP contribution in [0.1, 0.15) is 11.3 Å². The van der Waals surface area contributed by atoms with Crippen molar-refractivity contribution in [2.45, 2.75) is 6.54 Å². The van der Waals surface area contributed by atoms with E-state index in [1.165, 1.54) is 6.08 Å². The summed E-state index contributed by atoms with van der Waals surface area (Å²) in [5.74, 6) is 1.36. The van der Waals surface area contributed by atoms with Crippen molar-refractivity contribution in [1.82, 2.24) is 15.3 Å². The number of pyridine rings is 1. The molecule has 34 heavy (non-hydrogen) atoms. The molecule has 0 atom stereocenters. The zero-order chi connectivity index (χ0) is 23.5. The predicted molar refractivity (Wildman–Crippen MR) is 132 cm³/mol. The number of furan rings is 1. The van der Waals surface area contributed by atoms with Crippen LogP contribution < -0.4 is 5.32 Å². The number of hydrogen-bond acceptors (Lipinski definition) is 5. The van der Waals surface area contributed by atoms with Crippen molar-refractivity contribution in [1.29, 1.82) is 0 Å². The molecule has 0 unspecified atom stereocenters. The highest BCUT2D eigenvalue weighted by Gasteiger charge is 2.11. The van der Waals surface area contributed by atoms with Crippen LogP contribution in [0.5, 0.6) is 0 Å². The Morgan fingerprint density at radius 2 is 1.82 bits per heavy atom. The van der Waals surface area contributed by atoms with Crippen LogP contribution >= 0.6 is 23.2 Å². The minimum Gasteiger partial charge on any atom is -0.457 e. The Morgan fingerprint density at radius 1 is 0.971 bits per heavy atom. The third kappa shape index (κ3) is 4.73. The number of rotatable bonds is 6. The molecule has 0 saturated heterocycles. The molecule has 0 aliphatic heterocycles. The Balaban J connectivity index is 1.19. The van der Waals surface area contributed by atoms with E-state index >= 15 is 0 Å². The highest BCUT2D eigenvalue weighted by molar-refractivity contribution is 6.43. The average molecular weight is 490 g/mol. The molecule has 0 aliphatic rings. The molecule has 0 spiro atoms. The maximum absolute atomic E-state index is 12.2. The van der Waals surface area contributed by atoms with Gasteiger partial charge in [0.25, 0.3) is 0 Å². The molecule has 8 heteroatoms. The van der Waals surface area contributed by atoms with Crippen molar-refractivity contribution in [3.63, 3.8) is 0 Å². The standard InChI is InChI=1S/C26H17Cl2N3O3/c27-20-4-1-3-19(24(20)28)21-12-10-18(33-21)11-13-23(32)30-15-16-6-8-17(9-7-16)26-31-25-22(34-26)5-2-14-29-25/h1-14H,15H2,(H,30,32)/b13-11+. The molecular formula is C26H17Cl2N3O3. The molecule has 1 amide bonds. The van der Waals surface area contributed by atoms with E-state index in [1.807, 2.05) is 36.4 Å². The van der Waals surface area contributed by atoms with Gasteiger partial charge in [0.1, 0.15) is 11.5 Å². The summed E-state index contributed by atoms with van der Waals surface area (Å²) in [4.78, 5) is 20.8. The average Bonchev–Trinajstić information content (AvgIpc) is 3.51. The molecule has 5 aromatic rings. The first-order valence-electron chi connectivity index (χ1n) is 10.4. The van der Waals surface area contributed by atoms with E-state index in [9.17, 15) is 4.79 Å². The van der Waals surface area contributed by atoms with Crippen LogP contribution in [0.25, 0.3) is 40.1 Å². The summed E-state index contributed by atoms with van der Waals surface area (Å²) in [6.45, 7) is 0.375. The number of hydrogen-bond donors (Lipinski definition) is 1. The van der Waals surface area contributed by atoms with Crippen LogP contribution in [0.4, 0.5) is 0 Å². The summed E-state index contributed by atoms with van der Waals surface area (Å²) in [5.41, 5.74) is 3.67. The predicted octanol–water partition coefficient (Wildman–Crippen LogP) is 6.79. The SMILES string of the molecule is O=C(/C=C/c1ccc(-c2cccc(Cl)c2Cl)o1)NCc1ccc(-c2nc3ncccc3o2)cc1. The number of carbonyl (C=O) groups is 1. The minimum atomic E-state index is -0.243. The largest absolute Gasteiger partial charge is 0.457 e. The first-order chi connectivity index (χ1) is 16.6. The van der Waals surface area contributed by atoms with E-state index in [-0.39, 0.29) is 5.91 Å².